The number of aromatic nitrogens is 1. The number of carbonyl (C=O) groups is 1. The van der Waals surface area contributed by atoms with Crippen molar-refractivity contribution in [2.45, 2.75) is 39.8 Å². The van der Waals surface area contributed by atoms with Crippen molar-refractivity contribution >= 4 is 17.2 Å². The van der Waals surface area contributed by atoms with E-state index in [1.165, 1.54) is 0 Å². The Morgan fingerprint density at radius 3 is 2.65 bits per heavy atom. The first-order valence-electron chi connectivity index (χ1n) is 8.49. The molecule has 136 valence electrons. The summed E-state index contributed by atoms with van der Waals surface area (Å²) < 4.78 is 10.9. The SMILES string of the molecule is Cc1noc(C)c1COc1ccc(CC(=O)N[C@@H](C)c2cccs2)cc1. The average molecular weight is 370 g/mol. The van der Waals surface area contributed by atoms with Crippen molar-refractivity contribution in [1.29, 1.82) is 0 Å². The highest BCUT2D eigenvalue weighted by Gasteiger charge is 2.12. The van der Waals surface area contributed by atoms with Crippen LogP contribution in [-0.2, 0) is 17.8 Å². The van der Waals surface area contributed by atoms with Crippen LogP contribution in [0.4, 0.5) is 0 Å². The standard InChI is InChI=1S/C20H22N2O3S/c1-13-18(15(3)25-22-13)12-24-17-8-6-16(7-9-17)11-20(23)21-14(2)19-5-4-10-26-19/h4-10,14H,11-12H2,1-3H3,(H,21,23)/t14-/m0/s1. The van der Waals surface area contributed by atoms with E-state index in [1.54, 1.807) is 11.3 Å². The zero-order chi connectivity index (χ0) is 18.5. The van der Waals surface area contributed by atoms with Crippen molar-refractivity contribution in [3.05, 3.63) is 69.2 Å². The summed E-state index contributed by atoms with van der Waals surface area (Å²) >= 11 is 1.65. The molecule has 1 N–H and O–H groups in total. The molecule has 6 heteroatoms. The molecule has 0 radical (unpaired) electrons. The summed E-state index contributed by atoms with van der Waals surface area (Å²) in [5, 5.41) is 8.96. The third-order valence-corrected chi connectivity index (χ3v) is 5.25. The van der Waals surface area contributed by atoms with E-state index in [0.29, 0.717) is 13.0 Å². The molecule has 0 spiro atoms. The second-order valence-corrected chi connectivity index (χ2v) is 7.20. The van der Waals surface area contributed by atoms with Gasteiger partial charge in [-0.2, -0.15) is 0 Å². The van der Waals surface area contributed by atoms with Gasteiger partial charge in [-0.25, -0.2) is 0 Å². The van der Waals surface area contributed by atoms with E-state index in [9.17, 15) is 4.79 Å². The normalized spacial score (nSPS) is 12.0. The van der Waals surface area contributed by atoms with Gasteiger partial charge < -0.3 is 14.6 Å². The summed E-state index contributed by atoms with van der Waals surface area (Å²) in [5.41, 5.74) is 2.76. The highest BCUT2D eigenvalue weighted by atomic mass is 32.1. The first kappa shape index (κ1) is 18.2. The maximum absolute atomic E-state index is 12.2. The highest BCUT2D eigenvalue weighted by Crippen LogP contribution is 2.20. The number of amides is 1. The van der Waals surface area contributed by atoms with Crippen LogP contribution in [0.3, 0.4) is 0 Å². The molecule has 0 saturated heterocycles. The van der Waals surface area contributed by atoms with Crippen molar-refractivity contribution in [3.8, 4) is 5.75 Å². The number of thiophene rings is 1. The fourth-order valence-electron chi connectivity index (χ4n) is 2.65. The maximum Gasteiger partial charge on any atom is 0.224 e. The van der Waals surface area contributed by atoms with Crippen LogP contribution in [0.2, 0.25) is 0 Å². The number of aryl methyl sites for hydroxylation is 2. The van der Waals surface area contributed by atoms with Crippen molar-refractivity contribution < 1.29 is 14.1 Å². The number of hydrogen-bond acceptors (Lipinski definition) is 5. The molecule has 0 aliphatic heterocycles. The van der Waals surface area contributed by atoms with Crippen LogP contribution in [0.1, 0.15) is 40.4 Å². The molecule has 0 aliphatic carbocycles. The molecule has 1 aromatic carbocycles. The third kappa shape index (κ3) is 4.52. The van der Waals surface area contributed by atoms with Gasteiger partial charge in [-0.3, -0.25) is 4.79 Å². The van der Waals surface area contributed by atoms with Crippen molar-refractivity contribution in [3.63, 3.8) is 0 Å². The molecule has 0 saturated carbocycles. The first-order valence-corrected chi connectivity index (χ1v) is 9.37. The molecular weight excluding hydrogens is 348 g/mol. The third-order valence-electron chi connectivity index (χ3n) is 4.20. The minimum atomic E-state index is 0.00953. The number of nitrogens with zero attached hydrogens (tertiary/aromatic N) is 1. The number of benzene rings is 1. The number of ether oxygens (including phenoxy) is 1. The Morgan fingerprint density at radius 1 is 1.27 bits per heavy atom. The summed E-state index contributed by atoms with van der Waals surface area (Å²) in [6, 6.07) is 11.6. The molecule has 0 bridgehead atoms. The summed E-state index contributed by atoms with van der Waals surface area (Å²) in [5.74, 6) is 1.53. The Labute approximate surface area is 157 Å². The number of hydrogen-bond donors (Lipinski definition) is 1. The number of nitrogens with one attached hydrogen (secondary N) is 1. The van der Waals surface area contributed by atoms with E-state index in [1.807, 2.05) is 62.5 Å². The monoisotopic (exact) mass is 370 g/mol. The lowest BCUT2D eigenvalue weighted by atomic mass is 10.1. The van der Waals surface area contributed by atoms with E-state index in [2.05, 4.69) is 10.5 Å². The van der Waals surface area contributed by atoms with Crippen molar-refractivity contribution in [2.75, 3.05) is 0 Å². The topological polar surface area (TPSA) is 64.4 Å². The molecule has 0 aliphatic rings. The van der Waals surface area contributed by atoms with Crippen molar-refractivity contribution in [1.82, 2.24) is 10.5 Å². The van der Waals surface area contributed by atoms with E-state index in [4.69, 9.17) is 9.26 Å². The van der Waals surface area contributed by atoms with Gasteiger partial charge in [0.15, 0.2) is 0 Å². The average Bonchev–Trinajstić information content (AvgIpc) is 3.25. The van der Waals surface area contributed by atoms with Crippen LogP contribution in [0.25, 0.3) is 0 Å². The molecule has 0 unspecified atom stereocenters. The smallest absolute Gasteiger partial charge is 0.224 e. The predicted molar refractivity (Wildman–Crippen MR) is 101 cm³/mol. The van der Waals surface area contributed by atoms with Gasteiger partial charge in [0.2, 0.25) is 5.91 Å². The molecule has 1 amide bonds. The van der Waals surface area contributed by atoms with Gasteiger partial charge in [0.05, 0.1) is 23.7 Å². The molecule has 2 aromatic heterocycles. The molecule has 0 fully saturated rings. The summed E-state index contributed by atoms with van der Waals surface area (Å²) in [4.78, 5) is 13.4. The lowest BCUT2D eigenvalue weighted by Crippen LogP contribution is -2.27. The zero-order valence-corrected chi connectivity index (χ0v) is 15.9. The van der Waals surface area contributed by atoms with Gasteiger partial charge in [-0.05, 0) is 49.9 Å². The van der Waals surface area contributed by atoms with Gasteiger partial charge in [0.1, 0.15) is 18.1 Å². The Balaban J connectivity index is 1.52. The molecule has 3 rings (SSSR count). The van der Waals surface area contributed by atoms with E-state index in [0.717, 1.165) is 33.2 Å². The van der Waals surface area contributed by atoms with Gasteiger partial charge >= 0.3 is 0 Å². The Kier molecular flexibility index (Phi) is 5.73. The molecular formula is C20H22N2O3S. The van der Waals surface area contributed by atoms with E-state index < -0.39 is 0 Å². The molecule has 3 aromatic rings. The van der Waals surface area contributed by atoms with Gasteiger partial charge in [0.25, 0.3) is 0 Å². The second kappa shape index (κ2) is 8.19. The zero-order valence-electron chi connectivity index (χ0n) is 15.1. The lowest BCUT2D eigenvalue weighted by Gasteiger charge is -2.12. The molecule has 26 heavy (non-hydrogen) atoms. The Morgan fingerprint density at radius 2 is 2.04 bits per heavy atom. The van der Waals surface area contributed by atoms with Crippen LogP contribution < -0.4 is 10.1 Å². The lowest BCUT2D eigenvalue weighted by molar-refractivity contribution is -0.121. The van der Waals surface area contributed by atoms with Gasteiger partial charge in [0, 0.05) is 4.88 Å². The number of rotatable bonds is 7. The van der Waals surface area contributed by atoms with Crippen LogP contribution in [0, 0.1) is 13.8 Å². The van der Waals surface area contributed by atoms with Gasteiger partial charge in [-0.15, -0.1) is 11.3 Å². The van der Waals surface area contributed by atoms with Crippen LogP contribution in [0.5, 0.6) is 5.75 Å². The Hall–Kier alpha value is -2.60. The molecule has 2 heterocycles. The fourth-order valence-corrected chi connectivity index (χ4v) is 3.39. The minimum absolute atomic E-state index is 0.00953. The molecule has 1 atom stereocenters. The summed E-state index contributed by atoms with van der Waals surface area (Å²) in [6.07, 6.45) is 0.347. The Bertz CT molecular complexity index is 834. The summed E-state index contributed by atoms with van der Waals surface area (Å²) in [6.45, 7) is 6.18. The largest absolute Gasteiger partial charge is 0.489 e. The van der Waals surface area contributed by atoms with Crippen molar-refractivity contribution in [2.24, 2.45) is 0 Å². The van der Waals surface area contributed by atoms with Gasteiger partial charge in [-0.1, -0.05) is 23.4 Å². The number of carbonyl (C=O) groups excluding carboxylic acids is 1. The molecule has 5 nitrogen and oxygen atoms in total. The van der Waals surface area contributed by atoms with Crippen LogP contribution >= 0.6 is 11.3 Å². The van der Waals surface area contributed by atoms with Crippen LogP contribution in [-0.4, -0.2) is 11.1 Å². The van der Waals surface area contributed by atoms with Crippen LogP contribution in [0.15, 0.2) is 46.3 Å². The predicted octanol–water partition coefficient (Wildman–Crippen LogP) is 4.35. The minimum Gasteiger partial charge on any atom is -0.489 e. The second-order valence-electron chi connectivity index (χ2n) is 6.22. The highest BCUT2D eigenvalue weighted by molar-refractivity contribution is 7.10. The maximum atomic E-state index is 12.2. The summed E-state index contributed by atoms with van der Waals surface area (Å²) in [7, 11) is 0. The first-order chi connectivity index (χ1) is 12.5. The van der Waals surface area contributed by atoms with E-state index >= 15 is 0 Å². The quantitative estimate of drug-likeness (QED) is 0.671. The van der Waals surface area contributed by atoms with E-state index in [-0.39, 0.29) is 11.9 Å². The fraction of sp³-hybridized carbons (Fsp3) is 0.300.